The minimum absolute atomic E-state index is 0.233. The van der Waals surface area contributed by atoms with E-state index in [1.807, 2.05) is 0 Å². The van der Waals surface area contributed by atoms with Crippen molar-refractivity contribution in [3.05, 3.63) is 41.6 Å². The number of halogens is 1. The Morgan fingerprint density at radius 3 is 2.22 bits per heavy atom. The van der Waals surface area contributed by atoms with Crippen LogP contribution in [0.2, 0.25) is 5.15 Å². The molecule has 0 fully saturated rings. The summed E-state index contributed by atoms with van der Waals surface area (Å²) in [5.41, 5.74) is 0. The maximum atomic E-state index is 11.3. The lowest BCUT2D eigenvalue weighted by atomic mass is 10.3. The minimum atomic E-state index is -3.20. The van der Waals surface area contributed by atoms with Crippen LogP contribution in [0, 0.1) is 0 Å². The second kappa shape index (κ2) is 4.91. The van der Waals surface area contributed by atoms with Crippen LogP contribution in [0.3, 0.4) is 0 Å². The Bertz CT molecular complexity index is 639. The van der Waals surface area contributed by atoms with E-state index >= 15 is 0 Å². The number of hydrogen-bond donors (Lipinski definition) is 0. The van der Waals surface area contributed by atoms with Crippen molar-refractivity contribution in [2.45, 2.75) is 4.90 Å². The van der Waals surface area contributed by atoms with Gasteiger partial charge in [-0.1, -0.05) is 11.6 Å². The number of rotatable bonds is 3. The largest absolute Gasteiger partial charge is 0.438 e. The molecule has 2 rings (SSSR count). The number of sulfone groups is 1. The molecule has 0 unspecified atom stereocenters. The molecule has 0 aliphatic rings. The first-order chi connectivity index (χ1) is 8.45. The van der Waals surface area contributed by atoms with Crippen molar-refractivity contribution in [2.24, 2.45) is 0 Å². The molecule has 0 N–H and O–H groups in total. The minimum Gasteiger partial charge on any atom is -0.438 e. The van der Waals surface area contributed by atoms with Crippen LogP contribution in [-0.2, 0) is 9.84 Å². The van der Waals surface area contributed by atoms with Gasteiger partial charge in [-0.05, 0) is 30.3 Å². The third kappa shape index (κ3) is 3.18. The molecule has 0 radical (unpaired) electrons. The molecule has 0 spiro atoms. The lowest BCUT2D eigenvalue weighted by Gasteiger charge is -2.04. The monoisotopic (exact) mass is 284 g/mol. The summed E-state index contributed by atoms with van der Waals surface area (Å²) in [6.45, 7) is 0. The molecule has 0 saturated heterocycles. The summed E-state index contributed by atoms with van der Waals surface area (Å²) in [5, 5.41) is 7.62. The molecule has 7 heteroatoms. The van der Waals surface area contributed by atoms with Crippen molar-refractivity contribution in [1.82, 2.24) is 10.2 Å². The van der Waals surface area contributed by atoms with Gasteiger partial charge in [-0.3, -0.25) is 0 Å². The Hall–Kier alpha value is -1.66. The average molecular weight is 285 g/mol. The zero-order chi connectivity index (χ0) is 13.2. The van der Waals surface area contributed by atoms with Crippen molar-refractivity contribution >= 4 is 21.4 Å². The van der Waals surface area contributed by atoms with E-state index in [1.165, 1.54) is 12.1 Å². The highest BCUT2D eigenvalue weighted by atomic mass is 35.5. The highest BCUT2D eigenvalue weighted by Crippen LogP contribution is 2.21. The predicted octanol–water partition coefficient (Wildman–Crippen LogP) is 2.33. The van der Waals surface area contributed by atoms with Crippen molar-refractivity contribution in [1.29, 1.82) is 0 Å². The Morgan fingerprint density at radius 2 is 1.72 bits per heavy atom. The summed E-state index contributed by atoms with van der Waals surface area (Å²) in [4.78, 5) is 0.233. The topological polar surface area (TPSA) is 69.2 Å². The summed E-state index contributed by atoms with van der Waals surface area (Å²) in [6.07, 6.45) is 1.15. The van der Waals surface area contributed by atoms with Crippen LogP contribution in [0.15, 0.2) is 41.3 Å². The Labute approximate surface area is 109 Å². The van der Waals surface area contributed by atoms with E-state index in [2.05, 4.69) is 10.2 Å². The van der Waals surface area contributed by atoms with Crippen LogP contribution in [0.4, 0.5) is 0 Å². The van der Waals surface area contributed by atoms with E-state index in [-0.39, 0.29) is 15.9 Å². The summed E-state index contributed by atoms with van der Waals surface area (Å²) in [5.74, 6) is 0.755. The first kappa shape index (κ1) is 12.8. The van der Waals surface area contributed by atoms with Gasteiger partial charge in [0.25, 0.3) is 0 Å². The standard InChI is InChI=1S/C11H9ClN2O3S/c1-18(15,16)9-4-2-8(3-5-9)17-11-7-6-10(12)13-14-11/h2-7H,1H3. The smallest absolute Gasteiger partial charge is 0.238 e. The summed E-state index contributed by atoms with van der Waals surface area (Å²) >= 11 is 5.59. The molecule has 1 heterocycles. The van der Waals surface area contributed by atoms with Crippen molar-refractivity contribution < 1.29 is 13.2 Å². The van der Waals surface area contributed by atoms with Gasteiger partial charge in [0.2, 0.25) is 5.88 Å². The molecule has 0 bridgehead atoms. The van der Waals surface area contributed by atoms with E-state index in [0.717, 1.165) is 6.26 Å². The SMILES string of the molecule is CS(=O)(=O)c1ccc(Oc2ccc(Cl)nn2)cc1. The van der Waals surface area contributed by atoms with Gasteiger partial charge < -0.3 is 4.74 Å². The molecule has 94 valence electrons. The molecule has 0 amide bonds. The zero-order valence-corrected chi connectivity index (χ0v) is 10.9. The predicted molar refractivity (Wildman–Crippen MR) is 66.7 cm³/mol. The number of hydrogen-bond acceptors (Lipinski definition) is 5. The van der Waals surface area contributed by atoms with Crippen LogP contribution in [0.25, 0.3) is 0 Å². The van der Waals surface area contributed by atoms with Gasteiger partial charge in [0.1, 0.15) is 5.75 Å². The molecule has 0 saturated carbocycles. The quantitative estimate of drug-likeness (QED) is 0.865. The third-order valence-corrected chi connectivity index (χ3v) is 3.41. The van der Waals surface area contributed by atoms with Crippen molar-refractivity contribution in [3.63, 3.8) is 0 Å². The van der Waals surface area contributed by atoms with E-state index in [1.54, 1.807) is 24.3 Å². The Morgan fingerprint density at radius 1 is 1.06 bits per heavy atom. The first-order valence-corrected chi connectivity index (χ1v) is 7.19. The van der Waals surface area contributed by atoms with E-state index in [4.69, 9.17) is 16.3 Å². The molecule has 0 aliphatic heterocycles. The van der Waals surface area contributed by atoms with Crippen molar-refractivity contribution in [2.75, 3.05) is 6.26 Å². The maximum absolute atomic E-state index is 11.3. The number of ether oxygens (including phenoxy) is 1. The second-order valence-electron chi connectivity index (χ2n) is 3.54. The molecule has 0 aliphatic carbocycles. The van der Waals surface area contributed by atoms with Gasteiger partial charge in [-0.2, -0.15) is 0 Å². The summed E-state index contributed by atoms with van der Waals surface area (Å²) in [7, 11) is -3.20. The first-order valence-electron chi connectivity index (χ1n) is 4.92. The fraction of sp³-hybridized carbons (Fsp3) is 0.0909. The lowest BCUT2D eigenvalue weighted by Crippen LogP contribution is -1.96. The summed E-state index contributed by atoms with van der Waals surface area (Å²) in [6, 6.07) is 9.15. The molecular formula is C11H9ClN2O3S. The fourth-order valence-electron chi connectivity index (χ4n) is 1.23. The highest BCUT2D eigenvalue weighted by molar-refractivity contribution is 7.90. The van der Waals surface area contributed by atoms with Gasteiger partial charge in [0.15, 0.2) is 15.0 Å². The molecule has 0 atom stereocenters. The van der Waals surface area contributed by atoms with Crippen LogP contribution in [-0.4, -0.2) is 24.9 Å². The number of nitrogens with zero attached hydrogens (tertiary/aromatic N) is 2. The molecular weight excluding hydrogens is 276 g/mol. The Balaban J connectivity index is 2.18. The number of aromatic nitrogens is 2. The van der Waals surface area contributed by atoms with Gasteiger partial charge in [-0.25, -0.2) is 8.42 Å². The summed E-state index contributed by atoms with van der Waals surface area (Å²) < 4.78 is 27.9. The average Bonchev–Trinajstić information content (AvgIpc) is 2.32. The van der Waals surface area contributed by atoms with Crippen LogP contribution in [0.5, 0.6) is 11.6 Å². The molecule has 1 aromatic heterocycles. The van der Waals surface area contributed by atoms with Gasteiger partial charge in [0.05, 0.1) is 4.90 Å². The molecule has 5 nitrogen and oxygen atoms in total. The Kier molecular flexibility index (Phi) is 3.49. The molecule has 18 heavy (non-hydrogen) atoms. The number of benzene rings is 1. The molecule has 2 aromatic rings. The lowest BCUT2D eigenvalue weighted by molar-refractivity contribution is 0.455. The van der Waals surface area contributed by atoms with E-state index in [9.17, 15) is 8.42 Å². The van der Waals surface area contributed by atoms with Crippen LogP contribution < -0.4 is 4.74 Å². The zero-order valence-electron chi connectivity index (χ0n) is 9.37. The van der Waals surface area contributed by atoms with Gasteiger partial charge in [-0.15, -0.1) is 10.2 Å². The van der Waals surface area contributed by atoms with Crippen molar-refractivity contribution in [3.8, 4) is 11.6 Å². The third-order valence-electron chi connectivity index (χ3n) is 2.08. The second-order valence-corrected chi connectivity index (χ2v) is 5.94. The highest BCUT2D eigenvalue weighted by Gasteiger charge is 2.07. The van der Waals surface area contributed by atoms with Crippen LogP contribution >= 0.6 is 11.6 Å². The van der Waals surface area contributed by atoms with Crippen LogP contribution in [0.1, 0.15) is 0 Å². The molecule has 1 aromatic carbocycles. The normalized spacial score (nSPS) is 11.2. The van der Waals surface area contributed by atoms with E-state index in [0.29, 0.717) is 5.75 Å². The maximum Gasteiger partial charge on any atom is 0.238 e. The van der Waals surface area contributed by atoms with Gasteiger partial charge >= 0.3 is 0 Å². The fourth-order valence-corrected chi connectivity index (χ4v) is 1.97. The van der Waals surface area contributed by atoms with Gasteiger partial charge in [0, 0.05) is 12.3 Å². The van der Waals surface area contributed by atoms with E-state index < -0.39 is 9.84 Å².